The van der Waals surface area contributed by atoms with Gasteiger partial charge in [-0.3, -0.25) is 9.69 Å². The van der Waals surface area contributed by atoms with E-state index in [0.717, 1.165) is 87.9 Å². The van der Waals surface area contributed by atoms with Crippen molar-refractivity contribution in [2.75, 3.05) is 37.6 Å². The molecule has 3 rings (SSSR count). The van der Waals surface area contributed by atoms with E-state index in [0.29, 0.717) is 0 Å². The van der Waals surface area contributed by atoms with Gasteiger partial charge in [-0.2, -0.15) is 0 Å². The molecule has 1 saturated heterocycles. The maximum atomic E-state index is 12.0. The van der Waals surface area contributed by atoms with E-state index < -0.39 is 0 Å². The van der Waals surface area contributed by atoms with E-state index in [1.54, 1.807) is 6.07 Å². The molecule has 0 radical (unpaired) electrons. The molecule has 6 heteroatoms. The van der Waals surface area contributed by atoms with Crippen LogP contribution in [-0.4, -0.2) is 52.2 Å². The summed E-state index contributed by atoms with van der Waals surface area (Å²) < 4.78 is 1.82. The second-order valence-electron chi connectivity index (χ2n) is 9.81. The molecule has 0 spiro atoms. The number of unbranched alkanes of at least 4 members (excludes halogenated alkanes) is 1. The highest BCUT2D eigenvalue weighted by Crippen LogP contribution is 2.23. The summed E-state index contributed by atoms with van der Waals surface area (Å²) in [4.78, 5) is 26.7. The Labute approximate surface area is 187 Å². The topological polar surface area (TPSA) is 54.3 Å². The van der Waals surface area contributed by atoms with Crippen molar-refractivity contribution >= 4 is 5.82 Å². The van der Waals surface area contributed by atoms with E-state index in [-0.39, 0.29) is 11.0 Å². The molecule has 0 aliphatic carbocycles. The Morgan fingerprint density at radius 3 is 2.35 bits per heavy atom. The molecule has 0 atom stereocenters. The molecule has 0 saturated carbocycles. The first kappa shape index (κ1) is 23.5. The predicted molar refractivity (Wildman–Crippen MR) is 128 cm³/mol. The monoisotopic (exact) mass is 425 g/mol. The quantitative estimate of drug-likeness (QED) is 0.602. The van der Waals surface area contributed by atoms with Gasteiger partial charge in [-0.25, -0.2) is 9.97 Å². The van der Waals surface area contributed by atoms with Gasteiger partial charge in [-0.15, -0.1) is 0 Å². The molecular formula is C25H39N5O. The summed E-state index contributed by atoms with van der Waals surface area (Å²) >= 11 is 0. The van der Waals surface area contributed by atoms with Crippen molar-refractivity contribution < 1.29 is 0 Å². The first-order valence-electron chi connectivity index (χ1n) is 11.8. The van der Waals surface area contributed by atoms with E-state index in [9.17, 15) is 4.79 Å². The van der Waals surface area contributed by atoms with Gasteiger partial charge >= 0.3 is 0 Å². The normalized spacial score (nSPS) is 15.5. The molecule has 2 aromatic rings. The lowest BCUT2D eigenvalue weighted by molar-refractivity contribution is 0.250. The molecule has 1 aliphatic heterocycles. The van der Waals surface area contributed by atoms with Gasteiger partial charge in [0, 0.05) is 62.2 Å². The third kappa shape index (κ3) is 6.63. The van der Waals surface area contributed by atoms with Crippen molar-refractivity contribution in [2.45, 2.75) is 72.3 Å². The number of anilines is 1. The van der Waals surface area contributed by atoms with Crippen molar-refractivity contribution in [3.63, 3.8) is 0 Å². The minimum Gasteiger partial charge on any atom is -0.354 e. The summed E-state index contributed by atoms with van der Waals surface area (Å²) in [7, 11) is 0. The Balaban J connectivity index is 1.50. The number of nitrogens with zero attached hydrogens (tertiary/aromatic N) is 5. The fraction of sp³-hybridized carbons (Fsp3) is 0.640. The van der Waals surface area contributed by atoms with Crippen LogP contribution in [0.1, 0.15) is 64.0 Å². The number of rotatable bonds is 8. The summed E-state index contributed by atoms with van der Waals surface area (Å²) in [6.45, 7) is 16.7. The molecular weight excluding hydrogens is 386 g/mol. The van der Waals surface area contributed by atoms with Crippen molar-refractivity contribution in [1.82, 2.24) is 19.4 Å². The molecule has 0 aromatic carbocycles. The first-order valence-corrected chi connectivity index (χ1v) is 11.8. The number of aryl methyl sites for hydroxylation is 3. The molecule has 1 aliphatic rings. The minimum atomic E-state index is -0.0419. The van der Waals surface area contributed by atoms with Crippen molar-refractivity contribution in [2.24, 2.45) is 0 Å². The maximum Gasteiger partial charge on any atom is 0.250 e. The van der Waals surface area contributed by atoms with Crippen molar-refractivity contribution in [1.29, 1.82) is 0 Å². The highest BCUT2D eigenvalue weighted by molar-refractivity contribution is 5.41. The van der Waals surface area contributed by atoms with Crippen LogP contribution >= 0.6 is 0 Å². The Hall–Kier alpha value is -2.21. The number of aromatic nitrogens is 3. The van der Waals surface area contributed by atoms with Crippen molar-refractivity contribution in [3.8, 4) is 0 Å². The van der Waals surface area contributed by atoms with Crippen LogP contribution in [-0.2, 0) is 18.4 Å². The van der Waals surface area contributed by atoms with Crippen LogP contribution < -0.4 is 10.5 Å². The van der Waals surface area contributed by atoms with Crippen LogP contribution in [0.15, 0.2) is 29.2 Å². The molecule has 0 amide bonds. The molecule has 0 unspecified atom stereocenters. The summed E-state index contributed by atoms with van der Waals surface area (Å²) in [6.07, 6.45) is 6.16. The molecule has 2 aromatic heterocycles. The maximum absolute atomic E-state index is 12.0. The van der Waals surface area contributed by atoms with Gasteiger partial charge in [0.25, 0.3) is 5.56 Å². The number of hydrogen-bond donors (Lipinski definition) is 0. The predicted octanol–water partition coefficient (Wildman–Crippen LogP) is 3.80. The molecule has 170 valence electrons. The second-order valence-corrected chi connectivity index (χ2v) is 9.81. The number of piperazine rings is 1. The van der Waals surface area contributed by atoms with Crippen LogP contribution in [0.5, 0.6) is 0 Å². The molecule has 1 fully saturated rings. The lowest BCUT2D eigenvalue weighted by atomic mass is 9.95. The average Bonchev–Trinajstić information content (AvgIpc) is 2.72. The van der Waals surface area contributed by atoms with Crippen LogP contribution in [0.25, 0.3) is 0 Å². The summed E-state index contributed by atoms with van der Waals surface area (Å²) in [6, 6.07) is 5.90. The lowest BCUT2D eigenvalue weighted by Crippen LogP contribution is -2.47. The van der Waals surface area contributed by atoms with Crippen LogP contribution in [0.3, 0.4) is 0 Å². The SMILES string of the molecule is CCCc1cc(N2CCN(CCCCn3ccc(C)cc3=O)CC2)nc(C(C)(C)C)n1. The molecule has 31 heavy (non-hydrogen) atoms. The van der Waals surface area contributed by atoms with Gasteiger partial charge in [0.1, 0.15) is 11.6 Å². The minimum absolute atomic E-state index is 0.0419. The molecule has 6 nitrogen and oxygen atoms in total. The number of hydrogen-bond acceptors (Lipinski definition) is 5. The summed E-state index contributed by atoms with van der Waals surface area (Å²) in [5.74, 6) is 2.03. The van der Waals surface area contributed by atoms with Gasteiger partial charge in [0.05, 0.1) is 0 Å². The van der Waals surface area contributed by atoms with Crippen LogP contribution in [0.2, 0.25) is 0 Å². The summed E-state index contributed by atoms with van der Waals surface area (Å²) in [5.41, 5.74) is 2.25. The van der Waals surface area contributed by atoms with Crippen molar-refractivity contribution in [3.05, 3.63) is 51.8 Å². The zero-order chi connectivity index (χ0) is 22.4. The lowest BCUT2D eigenvalue weighted by Gasteiger charge is -2.36. The molecule has 0 N–H and O–H groups in total. The van der Waals surface area contributed by atoms with Crippen LogP contribution in [0, 0.1) is 6.92 Å². The third-order valence-electron chi connectivity index (χ3n) is 5.91. The van der Waals surface area contributed by atoms with E-state index >= 15 is 0 Å². The summed E-state index contributed by atoms with van der Waals surface area (Å²) in [5, 5.41) is 0. The largest absolute Gasteiger partial charge is 0.354 e. The van der Waals surface area contributed by atoms with E-state index in [1.807, 2.05) is 23.8 Å². The van der Waals surface area contributed by atoms with Gasteiger partial charge in [-0.05, 0) is 44.4 Å². The fourth-order valence-corrected chi connectivity index (χ4v) is 3.97. The Morgan fingerprint density at radius 1 is 1.00 bits per heavy atom. The average molecular weight is 426 g/mol. The standard InChI is InChI=1S/C25H39N5O/c1-6-9-21-19-22(27-24(26-21)25(3,4)5)29-16-14-28(15-17-29)11-7-8-12-30-13-10-20(2)18-23(30)31/h10,13,18-19H,6-9,11-12,14-17H2,1-5H3. The number of pyridine rings is 1. The Kier molecular flexibility index (Phi) is 7.87. The third-order valence-corrected chi connectivity index (χ3v) is 5.91. The smallest absolute Gasteiger partial charge is 0.250 e. The fourth-order valence-electron chi connectivity index (χ4n) is 3.97. The van der Waals surface area contributed by atoms with Gasteiger partial charge in [0.15, 0.2) is 0 Å². The molecule has 0 bridgehead atoms. The highest BCUT2D eigenvalue weighted by atomic mass is 16.1. The molecule has 3 heterocycles. The van der Waals surface area contributed by atoms with E-state index in [2.05, 4.69) is 43.6 Å². The Bertz CT molecular complexity index is 907. The zero-order valence-electron chi connectivity index (χ0n) is 20.0. The van der Waals surface area contributed by atoms with E-state index in [4.69, 9.17) is 9.97 Å². The highest BCUT2D eigenvalue weighted by Gasteiger charge is 2.23. The van der Waals surface area contributed by atoms with Gasteiger partial charge < -0.3 is 9.47 Å². The van der Waals surface area contributed by atoms with E-state index in [1.165, 1.54) is 0 Å². The second kappa shape index (κ2) is 10.4. The zero-order valence-corrected chi connectivity index (χ0v) is 20.0. The van der Waals surface area contributed by atoms with Gasteiger partial charge in [0.2, 0.25) is 0 Å². The van der Waals surface area contributed by atoms with Crippen LogP contribution in [0.4, 0.5) is 5.82 Å². The first-order chi connectivity index (χ1) is 14.8. The Morgan fingerprint density at radius 2 is 1.71 bits per heavy atom. The van der Waals surface area contributed by atoms with Gasteiger partial charge in [-0.1, -0.05) is 34.1 Å².